The Kier molecular flexibility index (Phi) is 3.60. The molecular weight excluding hydrogens is 248 g/mol. The Hall–Kier alpha value is -0.570. The summed E-state index contributed by atoms with van der Waals surface area (Å²) in [6.45, 7) is 7.76. The predicted molar refractivity (Wildman–Crippen MR) is 81.2 cm³/mol. The average molecular weight is 278 g/mol. The molecule has 2 aliphatic carbocycles. The van der Waals surface area contributed by atoms with E-state index in [0.717, 1.165) is 19.4 Å². The van der Waals surface area contributed by atoms with Gasteiger partial charge in [0.05, 0.1) is 11.7 Å². The monoisotopic (exact) mass is 278 g/mol. The van der Waals surface area contributed by atoms with E-state index in [2.05, 4.69) is 31.0 Å². The van der Waals surface area contributed by atoms with Crippen molar-refractivity contribution in [1.82, 2.24) is 10.2 Å². The lowest BCUT2D eigenvalue weighted by Gasteiger charge is -2.45. The zero-order valence-corrected chi connectivity index (χ0v) is 13.4. The average Bonchev–Trinajstić information content (AvgIpc) is 2.94. The van der Waals surface area contributed by atoms with Gasteiger partial charge in [-0.15, -0.1) is 0 Å². The minimum absolute atomic E-state index is 0.201. The summed E-state index contributed by atoms with van der Waals surface area (Å²) in [5.74, 6) is 0.904. The summed E-state index contributed by atoms with van der Waals surface area (Å²) in [5.41, 5.74) is 0.224. The number of amides is 1. The van der Waals surface area contributed by atoms with Crippen LogP contribution >= 0.6 is 0 Å². The van der Waals surface area contributed by atoms with Crippen molar-refractivity contribution in [3.8, 4) is 0 Å². The van der Waals surface area contributed by atoms with E-state index in [4.69, 9.17) is 0 Å². The second-order valence-electron chi connectivity index (χ2n) is 7.76. The van der Waals surface area contributed by atoms with Crippen LogP contribution in [0.2, 0.25) is 0 Å². The summed E-state index contributed by atoms with van der Waals surface area (Å²) in [6, 6.07) is 0. The van der Waals surface area contributed by atoms with Crippen molar-refractivity contribution in [2.75, 3.05) is 6.54 Å². The van der Waals surface area contributed by atoms with Crippen LogP contribution in [0.4, 0.5) is 0 Å². The SMILES string of the molecule is CCC1(CN2C(=O)C3(CCCC3)NC2C(C)C)CCC1. The van der Waals surface area contributed by atoms with Crippen LogP contribution in [0.15, 0.2) is 0 Å². The quantitative estimate of drug-likeness (QED) is 0.856. The van der Waals surface area contributed by atoms with E-state index in [-0.39, 0.29) is 11.7 Å². The molecule has 3 aliphatic rings. The fourth-order valence-corrected chi connectivity index (χ4v) is 4.52. The fourth-order valence-electron chi connectivity index (χ4n) is 4.52. The smallest absolute Gasteiger partial charge is 0.244 e. The Morgan fingerprint density at radius 2 is 1.85 bits per heavy atom. The largest absolute Gasteiger partial charge is 0.325 e. The van der Waals surface area contributed by atoms with Gasteiger partial charge in [-0.3, -0.25) is 10.1 Å². The van der Waals surface area contributed by atoms with Crippen molar-refractivity contribution < 1.29 is 4.79 Å². The van der Waals surface area contributed by atoms with Crippen molar-refractivity contribution >= 4 is 5.91 Å². The maximum atomic E-state index is 13.0. The number of hydrogen-bond acceptors (Lipinski definition) is 2. The summed E-state index contributed by atoms with van der Waals surface area (Å²) in [6.07, 6.45) is 9.94. The van der Waals surface area contributed by atoms with Gasteiger partial charge >= 0.3 is 0 Å². The molecule has 0 radical (unpaired) electrons. The Morgan fingerprint density at radius 3 is 2.30 bits per heavy atom. The van der Waals surface area contributed by atoms with Crippen molar-refractivity contribution in [2.45, 2.75) is 83.8 Å². The van der Waals surface area contributed by atoms with Gasteiger partial charge in [0, 0.05) is 6.54 Å². The highest BCUT2D eigenvalue weighted by molar-refractivity contribution is 5.89. The lowest BCUT2D eigenvalue weighted by Crippen LogP contribution is -2.49. The molecule has 114 valence electrons. The Morgan fingerprint density at radius 1 is 1.20 bits per heavy atom. The Labute approximate surface area is 123 Å². The van der Waals surface area contributed by atoms with E-state index in [1.54, 1.807) is 0 Å². The molecule has 1 heterocycles. The van der Waals surface area contributed by atoms with Gasteiger partial charge in [0.15, 0.2) is 0 Å². The zero-order chi connectivity index (χ0) is 14.4. The van der Waals surface area contributed by atoms with E-state index < -0.39 is 0 Å². The van der Waals surface area contributed by atoms with Gasteiger partial charge in [0.25, 0.3) is 0 Å². The van der Waals surface area contributed by atoms with Crippen LogP contribution in [-0.2, 0) is 4.79 Å². The first-order valence-corrected chi connectivity index (χ1v) is 8.61. The van der Waals surface area contributed by atoms with Crippen molar-refractivity contribution in [2.24, 2.45) is 11.3 Å². The summed E-state index contributed by atoms with van der Waals surface area (Å²) < 4.78 is 0. The number of nitrogens with one attached hydrogen (secondary N) is 1. The minimum Gasteiger partial charge on any atom is -0.325 e. The van der Waals surface area contributed by atoms with E-state index in [1.165, 1.54) is 38.5 Å². The molecule has 3 heteroatoms. The highest BCUT2D eigenvalue weighted by Crippen LogP contribution is 2.47. The normalized spacial score (nSPS) is 31.3. The van der Waals surface area contributed by atoms with Crippen LogP contribution in [-0.4, -0.2) is 29.1 Å². The van der Waals surface area contributed by atoms with Crippen LogP contribution in [0.3, 0.4) is 0 Å². The standard InChI is InChI=1S/C17H30N2O/c1-4-16(8-7-9-16)12-19-14(13(2)3)18-17(15(19)20)10-5-6-11-17/h13-14,18H,4-12H2,1-3H3. The second-order valence-corrected chi connectivity index (χ2v) is 7.76. The third kappa shape index (κ3) is 2.09. The molecule has 3 fully saturated rings. The number of rotatable bonds is 4. The molecule has 0 aromatic carbocycles. The van der Waals surface area contributed by atoms with Crippen LogP contribution in [0.5, 0.6) is 0 Å². The highest BCUT2D eigenvalue weighted by Gasteiger charge is 2.54. The molecule has 1 spiro atoms. The number of nitrogens with zero attached hydrogens (tertiary/aromatic N) is 1. The van der Waals surface area contributed by atoms with Gasteiger partial charge in [0.1, 0.15) is 0 Å². The molecule has 0 aromatic rings. The van der Waals surface area contributed by atoms with Crippen molar-refractivity contribution in [3.63, 3.8) is 0 Å². The molecule has 1 atom stereocenters. The summed E-state index contributed by atoms with van der Waals surface area (Å²) >= 11 is 0. The first-order chi connectivity index (χ1) is 9.52. The molecule has 2 saturated carbocycles. The van der Waals surface area contributed by atoms with Gasteiger partial charge < -0.3 is 4.90 Å². The van der Waals surface area contributed by atoms with Gasteiger partial charge in [0.2, 0.25) is 5.91 Å². The molecule has 1 aliphatic heterocycles. The van der Waals surface area contributed by atoms with Crippen LogP contribution < -0.4 is 5.32 Å². The molecule has 1 N–H and O–H groups in total. The molecular formula is C17H30N2O. The highest BCUT2D eigenvalue weighted by atomic mass is 16.2. The van der Waals surface area contributed by atoms with Gasteiger partial charge in [-0.2, -0.15) is 0 Å². The number of carbonyl (C=O) groups excluding carboxylic acids is 1. The van der Waals surface area contributed by atoms with Crippen LogP contribution in [0, 0.1) is 11.3 Å². The molecule has 3 rings (SSSR count). The summed E-state index contributed by atoms with van der Waals surface area (Å²) in [5, 5.41) is 3.74. The molecule has 1 amide bonds. The van der Waals surface area contributed by atoms with Crippen LogP contribution in [0.1, 0.15) is 72.1 Å². The van der Waals surface area contributed by atoms with Gasteiger partial charge in [-0.25, -0.2) is 0 Å². The minimum atomic E-state index is -0.201. The Bertz CT molecular complexity index is 375. The Balaban J connectivity index is 1.81. The molecule has 20 heavy (non-hydrogen) atoms. The fraction of sp³-hybridized carbons (Fsp3) is 0.941. The molecule has 1 unspecified atom stereocenters. The van der Waals surface area contributed by atoms with Crippen LogP contribution in [0.25, 0.3) is 0 Å². The zero-order valence-electron chi connectivity index (χ0n) is 13.4. The third-order valence-electron chi connectivity index (χ3n) is 6.19. The van der Waals surface area contributed by atoms with Gasteiger partial charge in [-0.1, -0.05) is 40.0 Å². The van der Waals surface area contributed by atoms with E-state index in [9.17, 15) is 4.79 Å². The van der Waals surface area contributed by atoms with E-state index >= 15 is 0 Å². The summed E-state index contributed by atoms with van der Waals surface area (Å²) in [7, 11) is 0. The first kappa shape index (κ1) is 14.4. The summed E-state index contributed by atoms with van der Waals surface area (Å²) in [4.78, 5) is 15.3. The second kappa shape index (κ2) is 5.01. The molecule has 1 saturated heterocycles. The maximum Gasteiger partial charge on any atom is 0.244 e. The molecule has 0 aromatic heterocycles. The third-order valence-corrected chi connectivity index (χ3v) is 6.19. The van der Waals surface area contributed by atoms with Gasteiger partial charge in [-0.05, 0) is 43.4 Å². The van der Waals surface area contributed by atoms with Crippen molar-refractivity contribution in [1.29, 1.82) is 0 Å². The van der Waals surface area contributed by atoms with Crippen molar-refractivity contribution in [3.05, 3.63) is 0 Å². The number of hydrogen-bond donors (Lipinski definition) is 1. The lowest BCUT2D eigenvalue weighted by atomic mass is 9.66. The molecule has 0 bridgehead atoms. The van der Waals surface area contributed by atoms with E-state index in [1.807, 2.05) is 0 Å². The molecule has 3 nitrogen and oxygen atoms in total. The lowest BCUT2D eigenvalue weighted by molar-refractivity contribution is -0.136. The van der Waals surface area contributed by atoms with E-state index in [0.29, 0.717) is 17.2 Å². The maximum absolute atomic E-state index is 13.0. The predicted octanol–water partition coefficient (Wildman–Crippen LogP) is 3.29. The number of carbonyl (C=O) groups is 1. The topological polar surface area (TPSA) is 32.3 Å². The first-order valence-electron chi connectivity index (χ1n) is 8.61.